The largest absolute Gasteiger partial charge is 0.493 e. The van der Waals surface area contributed by atoms with Crippen LogP contribution in [0.5, 0.6) is 5.75 Å². The predicted molar refractivity (Wildman–Crippen MR) is 55.2 cm³/mol. The van der Waals surface area contributed by atoms with E-state index in [4.69, 9.17) is 7.42 Å². The molecule has 13 heavy (non-hydrogen) atoms. The molecule has 0 saturated heterocycles. The summed E-state index contributed by atoms with van der Waals surface area (Å²) in [4.78, 5) is 0. The van der Waals surface area contributed by atoms with Gasteiger partial charge in [-0.15, -0.1) is 0 Å². The van der Waals surface area contributed by atoms with E-state index in [1.54, 1.807) is 0 Å². The van der Waals surface area contributed by atoms with E-state index in [0.29, 0.717) is 0 Å². The second-order valence-corrected chi connectivity index (χ2v) is 2.56. The van der Waals surface area contributed by atoms with Crippen LogP contribution in [0.3, 0.4) is 0 Å². The molecule has 0 fully saturated rings. The second kappa shape index (κ2) is 8.52. The van der Waals surface area contributed by atoms with Crippen molar-refractivity contribution in [3.63, 3.8) is 0 Å². The zero-order valence-corrected chi connectivity index (χ0v) is 10.6. The van der Waals surface area contributed by atoms with E-state index in [1.165, 1.54) is 12.0 Å². The fourth-order valence-corrected chi connectivity index (χ4v) is 1.30. The van der Waals surface area contributed by atoms with Gasteiger partial charge >= 0.3 is 73.9 Å². The number of aryl methyl sites for hydroxylation is 1. The van der Waals surface area contributed by atoms with Crippen LogP contribution < -0.4 is 4.74 Å². The standard InChI is InChI=1S/C9H10O.O.Pb.Sr.2H/c1-2-6-9-8(4-1)5-3-7-10-9;;;;;/h1-2,4,6H,3,5,7H2;;;;;. The van der Waals surface area contributed by atoms with Crippen LogP contribution in [-0.4, -0.2) is 77.9 Å². The van der Waals surface area contributed by atoms with Crippen LogP contribution in [0.1, 0.15) is 12.0 Å². The quantitative estimate of drug-likeness (QED) is 0.545. The van der Waals surface area contributed by atoms with E-state index in [-0.39, 0.29) is 71.3 Å². The summed E-state index contributed by atoms with van der Waals surface area (Å²) in [6.45, 7) is 0.886. The third-order valence-electron chi connectivity index (χ3n) is 1.82. The number of rotatable bonds is 0. The number of fused-ring (bicyclic) bond motifs is 1. The van der Waals surface area contributed by atoms with Gasteiger partial charge in [0, 0.05) is 0 Å². The van der Waals surface area contributed by atoms with Crippen molar-refractivity contribution < 1.29 is 7.42 Å². The zero-order valence-electron chi connectivity index (χ0n) is 6.75. The predicted octanol–water partition coefficient (Wildman–Crippen LogP) is 0.596. The van der Waals surface area contributed by atoms with Crippen LogP contribution in [0.25, 0.3) is 0 Å². The van der Waals surface area contributed by atoms with Gasteiger partial charge < -0.3 is 4.74 Å². The molecule has 2 nitrogen and oxygen atoms in total. The molecule has 2 rings (SSSR count). The number of para-hydroxylation sites is 1. The molecule has 0 unspecified atom stereocenters. The topological polar surface area (TPSA) is 26.3 Å². The fraction of sp³-hybridized carbons (Fsp3) is 0.333. The Bertz CT molecular complexity index is 230. The van der Waals surface area contributed by atoms with E-state index in [9.17, 15) is 0 Å². The molecule has 0 saturated carbocycles. The molecule has 0 N–H and O–H groups in total. The van der Waals surface area contributed by atoms with Crippen molar-refractivity contribution >= 4 is 71.3 Å². The third-order valence-corrected chi connectivity index (χ3v) is 1.82. The second-order valence-electron chi connectivity index (χ2n) is 2.56. The number of hydrogen-bond acceptors (Lipinski definition) is 2. The molecular formula is C9H12O2PbSr. The van der Waals surface area contributed by atoms with Gasteiger partial charge in [0.25, 0.3) is 0 Å². The van der Waals surface area contributed by atoms with Crippen LogP contribution in [0, 0.1) is 0 Å². The molecule has 0 spiro atoms. The maximum absolute atomic E-state index is 8.39. The van der Waals surface area contributed by atoms with Gasteiger partial charge in [-0.3, -0.25) is 0 Å². The molecule has 0 aromatic heterocycles. The summed E-state index contributed by atoms with van der Waals surface area (Å²) < 4.78 is 13.8. The van der Waals surface area contributed by atoms with Crippen molar-refractivity contribution in [3.8, 4) is 5.75 Å². The van der Waals surface area contributed by atoms with Gasteiger partial charge in [-0.25, -0.2) is 0 Å². The molecule has 1 aromatic rings. The summed E-state index contributed by atoms with van der Waals surface area (Å²) in [5.74, 6) is 1.08. The van der Waals surface area contributed by atoms with Crippen molar-refractivity contribution in [3.05, 3.63) is 29.8 Å². The van der Waals surface area contributed by atoms with Crippen LogP contribution in [0.2, 0.25) is 0 Å². The summed E-state index contributed by atoms with van der Waals surface area (Å²) in [6, 6.07) is 8.25. The first-order chi connectivity index (χ1) is 5.97. The molecule has 1 aliphatic rings. The van der Waals surface area contributed by atoms with Crippen LogP contribution in [0.15, 0.2) is 24.3 Å². The van der Waals surface area contributed by atoms with Gasteiger partial charge in [0.15, 0.2) is 0 Å². The van der Waals surface area contributed by atoms with E-state index < -0.39 is 0 Å². The Morgan fingerprint density at radius 2 is 1.92 bits per heavy atom. The van der Waals surface area contributed by atoms with Crippen molar-refractivity contribution in [1.82, 2.24) is 0 Å². The molecule has 0 atom stereocenters. The van der Waals surface area contributed by atoms with Crippen LogP contribution in [0.4, 0.5) is 0 Å². The molecule has 4 heteroatoms. The average molecular weight is 447 g/mol. The number of ether oxygens (including phenoxy) is 1. The van der Waals surface area contributed by atoms with Crippen molar-refractivity contribution in [1.29, 1.82) is 0 Å². The molecule has 0 amide bonds. The average Bonchev–Trinajstić information content (AvgIpc) is 2.21. The summed E-state index contributed by atoms with van der Waals surface area (Å²) in [5, 5.41) is 0. The fourth-order valence-electron chi connectivity index (χ4n) is 1.30. The van der Waals surface area contributed by atoms with Crippen molar-refractivity contribution in [2.45, 2.75) is 12.8 Å². The first-order valence-electron chi connectivity index (χ1n) is 3.88. The van der Waals surface area contributed by atoms with Gasteiger partial charge in [-0.1, -0.05) is 18.2 Å². The Hall–Kier alpha value is 1.22. The van der Waals surface area contributed by atoms with Crippen LogP contribution in [-0.2, 0) is 9.11 Å². The minimum Gasteiger partial charge on any atom is -0.493 e. The molecule has 0 aliphatic carbocycles. The van der Waals surface area contributed by atoms with Crippen molar-refractivity contribution in [2.24, 2.45) is 0 Å². The Balaban J connectivity index is 0.000000451. The molecule has 1 aromatic carbocycles. The van der Waals surface area contributed by atoms with Crippen molar-refractivity contribution in [2.75, 3.05) is 6.61 Å². The zero-order chi connectivity index (χ0) is 8.81. The monoisotopic (exact) mass is 448 g/mol. The minimum absolute atomic E-state index is 0. The number of benzene rings is 1. The summed E-state index contributed by atoms with van der Waals surface area (Å²) in [6.07, 6.45) is 2.34. The van der Waals surface area contributed by atoms with Gasteiger partial charge in [-0.2, -0.15) is 0 Å². The first-order valence-corrected chi connectivity index (χ1v) is 5.46. The maximum atomic E-state index is 8.39. The summed E-state index contributed by atoms with van der Waals surface area (Å²) in [7, 11) is 0. The molecule has 1 aliphatic heterocycles. The van der Waals surface area contributed by atoms with E-state index in [1.807, 2.05) is 12.1 Å². The third kappa shape index (κ3) is 4.51. The molecule has 66 valence electrons. The minimum atomic E-state index is 0. The Morgan fingerprint density at radius 3 is 2.62 bits per heavy atom. The maximum Gasteiger partial charge on any atom is 0.122 e. The Kier molecular flexibility index (Phi) is 9.33. The molecule has 2 radical (unpaired) electrons. The summed E-state index contributed by atoms with van der Waals surface area (Å²) in [5.41, 5.74) is 1.36. The van der Waals surface area contributed by atoms with Gasteiger partial charge in [-0.05, 0) is 24.5 Å². The van der Waals surface area contributed by atoms with Gasteiger partial charge in [0.2, 0.25) is 0 Å². The van der Waals surface area contributed by atoms with Gasteiger partial charge in [0.1, 0.15) is 5.75 Å². The SMILES string of the molecule is [O]=[Pb].[SrH2].c1ccc2c(c1)CCCO2. The molecule has 1 heterocycles. The van der Waals surface area contributed by atoms with E-state index >= 15 is 0 Å². The molecular weight excluding hydrogens is 435 g/mol. The van der Waals surface area contributed by atoms with E-state index in [0.717, 1.165) is 18.8 Å². The smallest absolute Gasteiger partial charge is 0.122 e. The first kappa shape index (κ1) is 14.2. The Labute approximate surface area is 131 Å². The van der Waals surface area contributed by atoms with E-state index in [2.05, 4.69) is 12.1 Å². The normalized spacial score (nSPS) is 12.3. The van der Waals surface area contributed by atoms with Gasteiger partial charge in [0.05, 0.1) is 6.61 Å². The Morgan fingerprint density at radius 1 is 1.23 bits per heavy atom. The molecule has 0 bridgehead atoms. The van der Waals surface area contributed by atoms with Crippen LogP contribution >= 0.6 is 0 Å². The summed E-state index contributed by atoms with van der Waals surface area (Å²) >= 11 is 0.0556. The number of hydrogen-bond donors (Lipinski definition) is 0.